The van der Waals surface area contributed by atoms with Crippen LogP contribution in [0.3, 0.4) is 0 Å². The van der Waals surface area contributed by atoms with E-state index >= 15 is 0 Å². The Morgan fingerprint density at radius 3 is 1.69 bits per heavy atom. The fraction of sp³-hybridized carbons (Fsp3) is 0.400. The predicted molar refractivity (Wildman–Crippen MR) is 190 cm³/mol. The van der Waals surface area contributed by atoms with Crippen molar-refractivity contribution < 1.29 is 29.2 Å². The summed E-state index contributed by atoms with van der Waals surface area (Å²) >= 11 is 0. The molecule has 8 nitrogen and oxygen atoms in total. The number of nitrogens with zero attached hydrogens (tertiary/aromatic N) is 1. The summed E-state index contributed by atoms with van der Waals surface area (Å²) in [5.41, 5.74) is 7.93. The van der Waals surface area contributed by atoms with Crippen LogP contribution in [0.15, 0.2) is 84.9 Å². The van der Waals surface area contributed by atoms with Crippen molar-refractivity contribution in [2.75, 3.05) is 60.3 Å². The number of benzene rings is 4. The first-order valence-electron chi connectivity index (χ1n) is 17.0. The smallest absolute Gasteiger partial charge is 0.119 e. The molecule has 2 aliphatic heterocycles. The number of nitrogens with one attached hydrogen (secondary N) is 1. The van der Waals surface area contributed by atoms with E-state index in [1.165, 1.54) is 33.4 Å². The van der Waals surface area contributed by atoms with Gasteiger partial charge in [0.05, 0.1) is 27.4 Å². The lowest BCUT2D eigenvalue weighted by atomic mass is 9.84. The third kappa shape index (κ3) is 9.08. The molecule has 48 heavy (non-hydrogen) atoms. The Hall–Kier alpha value is -4.08. The zero-order valence-electron chi connectivity index (χ0n) is 28.5. The molecule has 0 aromatic heterocycles. The maximum absolute atomic E-state index is 8.91. The summed E-state index contributed by atoms with van der Waals surface area (Å²) in [5, 5.41) is 21.2. The van der Waals surface area contributed by atoms with Gasteiger partial charge in [-0.05, 0) is 88.5 Å². The van der Waals surface area contributed by atoms with Crippen molar-refractivity contribution >= 4 is 0 Å². The Balaban J connectivity index is 0.000000188. The Kier molecular flexibility index (Phi) is 13.1. The molecule has 0 saturated heterocycles. The van der Waals surface area contributed by atoms with E-state index < -0.39 is 0 Å². The zero-order chi connectivity index (χ0) is 33.7. The summed E-state index contributed by atoms with van der Waals surface area (Å²) in [6, 6.07) is 29.4. The minimum atomic E-state index is 0.159. The van der Waals surface area contributed by atoms with Crippen LogP contribution in [0.5, 0.6) is 23.0 Å². The van der Waals surface area contributed by atoms with E-state index in [9.17, 15) is 0 Å². The van der Waals surface area contributed by atoms with Crippen LogP contribution in [0.4, 0.5) is 0 Å². The molecule has 4 aromatic rings. The molecule has 0 aliphatic carbocycles. The Bertz CT molecular complexity index is 1560. The molecular formula is C40H50N2O6. The molecule has 0 radical (unpaired) electrons. The third-order valence-corrected chi connectivity index (χ3v) is 9.10. The lowest BCUT2D eigenvalue weighted by molar-refractivity contribution is 0.231. The lowest BCUT2D eigenvalue weighted by Gasteiger charge is -2.34. The average Bonchev–Trinajstić information content (AvgIpc) is 3.14. The SMILES string of the molecule is CCN1Cc2cc(OCCCO)ccc2C(c2ccc(OC)cc2)C1.COc1ccc(C2CNCc3cc(OCCCO)ccc32)cc1. The van der Waals surface area contributed by atoms with Crippen LogP contribution in [0.1, 0.15) is 65.0 Å². The summed E-state index contributed by atoms with van der Waals surface area (Å²) < 4.78 is 22.0. The van der Waals surface area contributed by atoms with Crippen LogP contribution < -0.4 is 24.3 Å². The van der Waals surface area contributed by atoms with E-state index in [0.29, 0.717) is 37.9 Å². The maximum Gasteiger partial charge on any atom is 0.119 e. The summed E-state index contributed by atoms with van der Waals surface area (Å²) in [4.78, 5) is 2.47. The first-order chi connectivity index (χ1) is 23.6. The van der Waals surface area contributed by atoms with Crippen molar-refractivity contribution in [1.29, 1.82) is 0 Å². The van der Waals surface area contributed by atoms with E-state index in [1.807, 2.05) is 36.4 Å². The van der Waals surface area contributed by atoms with Gasteiger partial charge in [-0.3, -0.25) is 4.90 Å². The summed E-state index contributed by atoms with van der Waals surface area (Å²) in [5.74, 6) is 4.23. The first-order valence-corrected chi connectivity index (χ1v) is 17.0. The fourth-order valence-corrected chi connectivity index (χ4v) is 6.44. The van der Waals surface area contributed by atoms with Gasteiger partial charge < -0.3 is 34.5 Å². The number of ether oxygens (including phenoxy) is 4. The van der Waals surface area contributed by atoms with Crippen molar-refractivity contribution in [1.82, 2.24) is 10.2 Å². The van der Waals surface area contributed by atoms with Crippen LogP contribution in [0.25, 0.3) is 0 Å². The van der Waals surface area contributed by atoms with Gasteiger partial charge in [-0.1, -0.05) is 43.3 Å². The third-order valence-electron chi connectivity index (χ3n) is 9.10. The van der Waals surface area contributed by atoms with Crippen LogP contribution in [0.2, 0.25) is 0 Å². The van der Waals surface area contributed by atoms with E-state index in [1.54, 1.807) is 14.2 Å². The molecule has 256 valence electrons. The molecule has 2 atom stereocenters. The van der Waals surface area contributed by atoms with E-state index in [0.717, 1.165) is 55.7 Å². The molecule has 3 N–H and O–H groups in total. The first kappa shape index (κ1) is 35.2. The highest BCUT2D eigenvalue weighted by Crippen LogP contribution is 2.36. The summed E-state index contributed by atoms with van der Waals surface area (Å²) in [6.07, 6.45) is 1.32. The van der Waals surface area contributed by atoms with Gasteiger partial charge in [0.25, 0.3) is 0 Å². The minimum Gasteiger partial charge on any atom is -0.497 e. The molecular weight excluding hydrogens is 604 g/mol. The summed E-state index contributed by atoms with van der Waals surface area (Å²) in [7, 11) is 3.38. The number of hydrogen-bond acceptors (Lipinski definition) is 8. The molecule has 2 unspecified atom stereocenters. The Labute approximate surface area is 285 Å². The molecule has 6 rings (SSSR count). The molecule has 2 heterocycles. The van der Waals surface area contributed by atoms with Gasteiger partial charge in [0, 0.05) is 64.1 Å². The standard InChI is InChI=1S/C21H27NO3.C19H23NO3/c1-3-22-14-17-13-19(25-12-4-11-23)9-10-20(17)21(15-22)16-5-7-18(24-2)8-6-16;1-22-16-5-3-14(4-6-16)19-13-20-12-15-11-17(7-8-18(15)19)23-10-2-9-21/h5-10,13,21,23H,3-4,11-12,14-15H2,1-2H3;3-8,11,19-21H,2,9-10,12-13H2,1H3. The Morgan fingerprint density at radius 1 is 0.667 bits per heavy atom. The Morgan fingerprint density at radius 2 is 1.17 bits per heavy atom. The van der Waals surface area contributed by atoms with Crippen molar-refractivity contribution in [2.45, 2.75) is 44.7 Å². The number of aliphatic hydroxyl groups excluding tert-OH is 2. The van der Waals surface area contributed by atoms with Gasteiger partial charge in [-0.15, -0.1) is 0 Å². The zero-order valence-corrected chi connectivity index (χ0v) is 28.5. The van der Waals surface area contributed by atoms with Crippen molar-refractivity contribution in [3.8, 4) is 23.0 Å². The van der Waals surface area contributed by atoms with E-state index in [2.05, 4.69) is 65.7 Å². The highest BCUT2D eigenvalue weighted by molar-refractivity contribution is 5.46. The topological polar surface area (TPSA) is 92.7 Å². The van der Waals surface area contributed by atoms with Crippen LogP contribution >= 0.6 is 0 Å². The van der Waals surface area contributed by atoms with Crippen molar-refractivity contribution in [3.63, 3.8) is 0 Å². The lowest BCUT2D eigenvalue weighted by Crippen LogP contribution is -2.33. The molecule has 8 heteroatoms. The molecule has 0 spiro atoms. The molecule has 2 aliphatic rings. The maximum atomic E-state index is 8.91. The predicted octanol–water partition coefficient (Wildman–Crippen LogP) is 6.12. The fourth-order valence-electron chi connectivity index (χ4n) is 6.44. The molecule has 0 fully saturated rings. The largest absolute Gasteiger partial charge is 0.497 e. The van der Waals surface area contributed by atoms with Gasteiger partial charge in [0.2, 0.25) is 0 Å². The number of fused-ring (bicyclic) bond motifs is 2. The average molecular weight is 655 g/mol. The van der Waals surface area contributed by atoms with Crippen molar-refractivity contribution in [2.24, 2.45) is 0 Å². The van der Waals surface area contributed by atoms with Gasteiger partial charge >= 0.3 is 0 Å². The second kappa shape index (κ2) is 17.9. The number of aliphatic hydroxyl groups is 2. The quantitative estimate of drug-likeness (QED) is 0.149. The molecule has 0 saturated carbocycles. The van der Waals surface area contributed by atoms with Gasteiger partial charge in [0.1, 0.15) is 23.0 Å². The monoisotopic (exact) mass is 654 g/mol. The normalized spacial score (nSPS) is 16.9. The molecule has 0 amide bonds. The van der Waals surface area contributed by atoms with E-state index in [-0.39, 0.29) is 13.2 Å². The van der Waals surface area contributed by atoms with Gasteiger partial charge in [-0.2, -0.15) is 0 Å². The highest BCUT2D eigenvalue weighted by Gasteiger charge is 2.26. The number of methoxy groups -OCH3 is 2. The van der Waals surface area contributed by atoms with Crippen molar-refractivity contribution in [3.05, 3.63) is 118 Å². The van der Waals surface area contributed by atoms with Crippen LogP contribution in [0, 0.1) is 0 Å². The van der Waals surface area contributed by atoms with Crippen LogP contribution in [-0.4, -0.2) is 75.4 Å². The number of hydrogen-bond donors (Lipinski definition) is 3. The van der Waals surface area contributed by atoms with Gasteiger partial charge in [-0.25, -0.2) is 0 Å². The molecule has 4 aromatic carbocycles. The number of rotatable bonds is 13. The van der Waals surface area contributed by atoms with Gasteiger partial charge in [0.15, 0.2) is 0 Å². The van der Waals surface area contributed by atoms with Crippen LogP contribution in [-0.2, 0) is 13.1 Å². The minimum absolute atomic E-state index is 0.159. The second-order valence-electron chi connectivity index (χ2n) is 12.2. The second-order valence-corrected chi connectivity index (χ2v) is 12.2. The molecule has 0 bridgehead atoms. The summed E-state index contributed by atoms with van der Waals surface area (Å²) in [6.45, 7) is 8.43. The highest BCUT2D eigenvalue weighted by atomic mass is 16.5. The number of likely N-dealkylation sites (N-methyl/N-ethyl adjacent to an activating group) is 1. The van der Waals surface area contributed by atoms with E-state index in [4.69, 9.17) is 29.2 Å².